The first-order valence-corrected chi connectivity index (χ1v) is 10.9. The minimum atomic E-state index is 0.268. The highest BCUT2D eigenvalue weighted by Gasteiger charge is 2.16. The van der Waals surface area contributed by atoms with Crippen molar-refractivity contribution in [1.29, 1.82) is 0 Å². The fourth-order valence-corrected chi connectivity index (χ4v) is 4.26. The lowest BCUT2D eigenvalue weighted by atomic mass is 10.0. The van der Waals surface area contributed by atoms with E-state index in [1.54, 1.807) is 6.07 Å². The van der Waals surface area contributed by atoms with E-state index in [2.05, 4.69) is 56.7 Å². The van der Waals surface area contributed by atoms with Gasteiger partial charge >= 0.3 is 6.08 Å². The van der Waals surface area contributed by atoms with Gasteiger partial charge in [0, 0.05) is 21.1 Å². The second-order valence-electron chi connectivity index (χ2n) is 7.52. The molecule has 0 spiro atoms. The lowest BCUT2D eigenvalue weighted by Crippen LogP contribution is -2.10. The molecule has 0 unspecified atom stereocenters. The Hall–Kier alpha value is -3.25. The first-order chi connectivity index (χ1) is 15.1. The normalized spacial score (nSPS) is 11.4. The highest BCUT2D eigenvalue weighted by molar-refractivity contribution is 9.10. The number of nitrogens with zero attached hydrogens (tertiary/aromatic N) is 2. The summed E-state index contributed by atoms with van der Waals surface area (Å²) in [6, 6.07) is 21.5. The third-order valence-corrected chi connectivity index (χ3v) is 6.08. The van der Waals surface area contributed by atoms with Gasteiger partial charge in [-0.05, 0) is 66.9 Å². The van der Waals surface area contributed by atoms with E-state index >= 15 is 0 Å². The molecule has 0 amide bonds. The van der Waals surface area contributed by atoms with Crippen LogP contribution in [0.15, 0.2) is 75.6 Å². The summed E-state index contributed by atoms with van der Waals surface area (Å²) in [5.74, 6) is 0.268. The molecule has 5 aromatic rings. The van der Waals surface area contributed by atoms with E-state index in [0.29, 0.717) is 18.7 Å². The number of aromatic nitrogens is 2. The molecule has 3 aromatic carbocycles. The molecule has 0 radical (unpaired) electrons. The van der Waals surface area contributed by atoms with E-state index in [4.69, 9.17) is 9.15 Å². The second kappa shape index (κ2) is 8.12. The number of ether oxygens (including phenoxy) is 1. The van der Waals surface area contributed by atoms with Gasteiger partial charge < -0.3 is 18.8 Å². The Bertz CT molecular complexity index is 1340. The average molecular weight is 477 g/mol. The summed E-state index contributed by atoms with van der Waals surface area (Å²) >= 11 is 3.49. The minimum absolute atomic E-state index is 0.268. The summed E-state index contributed by atoms with van der Waals surface area (Å²) in [5, 5.41) is 11.1. The first kappa shape index (κ1) is 19.7. The van der Waals surface area contributed by atoms with E-state index in [9.17, 15) is 5.11 Å². The van der Waals surface area contributed by atoms with E-state index in [1.165, 1.54) is 11.1 Å². The van der Waals surface area contributed by atoms with Gasteiger partial charge in [-0.2, -0.15) is 4.98 Å². The number of phenolic OH excluding ortho intramolecular Hbond substituents is 1. The average Bonchev–Trinajstić information content (AvgIpc) is 3.29. The summed E-state index contributed by atoms with van der Waals surface area (Å²) < 4.78 is 14.8. The molecule has 0 aliphatic carbocycles. The molecule has 31 heavy (non-hydrogen) atoms. The molecule has 0 aliphatic heterocycles. The number of para-hydroxylation sites is 2. The number of hydrogen-bond donors (Lipinski definition) is 1. The molecule has 0 fully saturated rings. The molecule has 0 saturated carbocycles. The van der Waals surface area contributed by atoms with Crippen LogP contribution in [-0.4, -0.2) is 21.3 Å². The zero-order valence-electron chi connectivity index (χ0n) is 17.0. The lowest BCUT2D eigenvalue weighted by molar-refractivity contribution is 0.226. The summed E-state index contributed by atoms with van der Waals surface area (Å²) in [6.07, 6.45) is 1.07. The van der Waals surface area contributed by atoms with Crippen molar-refractivity contribution in [2.75, 3.05) is 6.61 Å². The van der Waals surface area contributed by atoms with Crippen molar-refractivity contribution in [3.63, 3.8) is 0 Å². The third kappa shape index (κ3) is 3.91. The SMILES string of the molecule is Cc1c(Cc2ccc(Br)cc2)c2cc(O)ccc2n1CCOc1nc2ccccc2o1. The molecule has 6 heteroatoms. The predicted octanol–water partition coefficient (Wildman–Crippen LogP) is 6.23. The van der Waals surface area contributed by atoms with Crippen molar-refractivity contribution in [3.05, 3.63) is 88.0 Å². The van der Waals surface area contributed by atoms with Crippen LogP contribution in [0.25, 0.3) is 22.0 Å². The summed E-state index contributed by atoms with van der Waals surface area (Å²) in [5.41, 5.74) is 6.15. The highest BCUT2D eigenvalue weighted by Crippen LogP contribution is 2.31. The topological polar surface area (TPSA) is 60.4 Å². The summed E-state index contributed by atoms with van der Waals surface area (Å²) in [6.45, 7) is 3.19. The van der Waals surface area contributed by atoms with Crippen LogP contribution in [0.2, 0.25) is 0 Å². The Labute approximate surface area is 188 Å². The quantitative estimate of drug-likeness (QED) is 0.315. The van der Waals surface area contributed by atoms with Crippen molar-refractivity contribution in [3.8, 4) is 11.8 Å². The van der Waals surface area contributed by atoms with Gasteiger partial charge in [-0.3, -0.25) is 0 Å². The minimum Gasteiger partial charge on any atom is -0.508 e. The monoisotopic (exact) mass is 476 g/mol. The summed E-state index contributed by atoms with van der Waals surface area (Å²) in [4.78, 5) is 4.37. The van der Waals surface area contributed by atoms with Gasteiger partial charge in [0.15, 0.2) is 5.58 Å². The molecule has 0 bridgehead atoms. The van der Waals surface area contributed by atoms with E-state index in [-0.39, 0.29) is 11.8 Å². The fraction of sp³-hybridized carbons (Fsp3) is 0.160. The molecule has 5 nitrogen and oxygen atoms in total. The Morgan fingerprint density at radius 3 is 2.68 bits per heavy atom. The Morgan fingerprint density at radius 1 is 1.06 bits per heavy atom. The predicted molar refractivity (Wildman–Crippen MR) is 125 cm³/mol. The molecule has 1 N–H and O–H groups in total. The van der Waals surface area contributed by atoms with Crippen LogP contribution >= 0.6 is 15.9 Å². The number of halogens is 1. The fourth-order valence-electron chi connectivity index (χ4n) is 3.99. The van der Waals surface area contributed by atoms with Gasteiger partial charge in [0.1, 0.15) is 17.9 Å². The molecule has 5 rings (SSSR count). The number of benzene rings is 3. The van der Waals surface area contributed by atoms with Crippen molar-refractivity contribution >= 4 is 37.9 Å². The molecule has 0 aliphatic rings. The van der Waals surface area contributed by atoms with Crippen molar-refractivity contribution in [2.45, 2.75) is 19.9 Å². The van der Waals surface area contributed by atoms with Crippen molar-refractivity contribution < 1.29 is 14.3 Å². The molecular weight excluding hydrogens is 456 g/mol. The van der Waals surface area contributed by atoms with Gasteiger partial charge in [0.05, 0.1) is 6.54 Å². The number of hydrogen-bond acceptors (Lipinski definition) is 4. The lowest BCUT2D eigenvalue weighted by Gasteiger charge is -2.09. The van der Waals surface area contributed by atoms with Crippen LogP contribution in [0.4, 0.5) is 0 Å². The largest absolute Gasteiger partial charge is 0.508 e. The molecule has 2 aromatic heterocycles. The van der Waals surface area contributed by atoms with Gasteiger partial charge in [0.2, 0.25) is 0 Å². The summed E-state index contributed by atoms with van der Waals surface area (Å²) in [7, 11) is 0. The zero-order valence-corrected chi connectivity index (χ0v) is 18.6. The number of phenols is 1. The van der Waals surface area contributed by atoms with E-state index in [0.717, 1.165) is 33.0 Å². The van der Waals surface area contributed by atoms with Crippen LogP contribution in [0.1, 0.15) is 16.8 Å². The van der Waals surface area contributed by atoms with E-state index in [1.807, 2.05) is 36.4 Å². The number of aromatic hydroxyl groups is 1. The molecular formula is C25H21BrN2O3. The van der Waals surface area contributed by atoms with Gasteiger partial charge in [0.25, 0.3) is 0 Å². The molecule has 156 valence electrons. The van der Waals surface area contributed by atoms with Gasteiger partial charge in [-0.25, -0.2) is 0 Å². The van der Waals surface area contributed by atoms with Crippen molar-refractivity contribution in [2.24, 2.45) is 0 Å². The van der Waals surface area contributed by atoms with Crippen molar-refractivity contribution in [1.82, 2.24) is 9.55 Å². The standard InChI is InChI=1S/C25H21BrN2O3/c1-16-20(14-17-6-8-18(26)9-7-17)21-15-19(29)10-11-23(21)28(16)12-13-30-25-27-22-4-2-3-5-24(22)31-25/h2-11,15,29H,12-14H2,1H3. The van der Waals surface area contributed by atoms with Crippen LogP contribution in [0.3, 0.4) is 0 Å². The smallest absolute Gasteiger partial charge is 0.394 e. The van der Waals surface area contributed by atoms with Crippen LogP contribution < -0.4 is 4.74 Å². The van der Waals surface area contributed by atoms with Crippen LogP contribution in [-0.2, 0) is 13.0 Å². The van der Waals surface area contributed by atoms with Gasteiger partial charge in [-0.15, -0.1) is 0 Å². The Balaban J connectivity index is 1.42. The zero-order chi connectivity index (χ0) is 21.4. The Morgan fingerprint density at radius 2 is 1.87 bits per heavy atom. The van der Waals surface area contributed by atoms with E-state index < -0.39 is 0 Å². The second-order valence-corrected chi connectivity index (χ2v) is 8.43. The maximum atomic E-state index is 10.1. The maximum absolute atomic E-state index is 10.1. The van der Waals surface area contributed by atoms with Crippen LogP contribution in [0.5, 0.6) is 11.8 Å². The third-order valence-electron chi connectivity index (χ3n) is 5.55. The Kier molecular flexibility index (Phi) is 5.16. The maximum Gasteiger partial charge on any atom is 0.394 e. The van der Waals surface area contributed by atoms with Crippen LogP contribution in [0, 0.1) is 6.92 Å². The number of fused-ring (bicyclic) bond motifs is 2. The molecule has 0 atom stereocenters. The van der Waals surface area contributed by atoms with Gasteiger partial charge in [-0.1, -0.05) is 40.2 Å². The number of rotatable bonds is 6. The number of oxazole rings is 1. The molecule has 2 heterocycles. The first-order valence-electron chi connectivity index (χ1n) is 10.1. The highest BCUT2D eigenvalue weighted by atomic mass is 79.9. The molecule has 0 saturated heterocycles.